The van der Waals surface area contributed by atoms with E-state index in [2.05, 4.69) is 11.5 Å². The molecule has 0 aromatic carbocycles. The van der Waals surface area contributed by atoms with Gasteiger partial charge in [-0.2, -0.15) is 11.8 Å². The van der Waals surface area contributed by atoms with Gasteiger partial charge in [0, 0.05) is 24.1 Å². The van der Waals surface area contributed by atoms with Crippen molar-refractivity contribution in [2.24, 2.45) is 0 Å². The number of carboxylic acid groups (broad SMARTS) is 1. The van der Waals surface area contributed by atoms with Crippen LogP contribution in [0.5, 0.6) is 0 Å². The molecule has 0 bridgehead atoms. The van der Waals surface area contributed by atoms with Crippen molar-refractivity contribution >= 4 is 30.1 Å². The zero-order valence-electron chi connectivity index (χ0n) is 9.43. The highest BCUT2D eigenvalue weighted by Crippen LogP contribution is 2.19. The van der Waals surface area contributed by atoms with Gasteiger partial charge >= 0.3 is 5.97 Å². The van der Waals surface area contributed by atoms with Gasteiger partial charge < -0.3 is 5.11 Å². The minimum atomic E-state index is -0.684. The maximum atomic E-state index is 10.7. The number of hydrogen-bond donors (Lipinski definition) is 1. The molecule has 0 aromatic rings. The van der Waals surface area contributed by atoms with E-state index < -0.39 is 5.97 Å². The van der Waals surface area contributed by atoms with E-state index >= 15 is 0 Å². The van der Waals surface area contributed by atoms with Crippen LogP contribution in [0.3, 0.4) is 0 Å². The molecule has 1 rings (SSSR count). The second kappa shape index (κ2) is 8.90. The number of unbranched alkanes of at least 4 members (excludes halogenated alkanes) is 1. The van der Waals surface area contributed by atoms with Crippen molar-refractivity contribution in [3.63, 3.8) is 0 Å². The molecule has 1 heterocycles. The summed E-state index contributed by atoms with van der Waals surface area (Å²) in [4.78, 5) is 13.0. The van der Waals surface area contributed by atoms with Crippen molar-refractivity contribution in [2.75, 3.05) is 24.6 Å². The minimum absolute atomic E-state index is 0. The highest BCUT2D eigenvalue weighted by Gasteiger charge is 2.24. The zero-order chi connectivity index (χ0) is 11.1. The third kappa shape index (κ3) is 5.77. The molecule has 1 atom stereocenters. The highest BCUT2D eigenvalue weighted by molar-refractivity contribution is 7.99. The minimum Gasteiger partial charge on any atom is -0.481 e. The van der Waals surface area contributed by atoms with E-state index in [0.29, 0.717) is 0 Å². The van der Waals surface area contributed by atoms with Crippen molar-refractivity contribution in [1.29, 1.82) is 0 Å². The van der Waals surface area contributed by atoms with Crippen LogP contribution in [-0.2, 0) is 4.79 Å². The quantitative estimate of drug-likeness (QED) is 0.591. The molecule has 5 heteroatoms. The summed E-state index contributed by atoms with van der Waals surface area (Å²) in [6, 6.07) is 0.228. The second-order valence-corrected chi connectivity index (χ2v) is 4.94. The van der Waals surface area contributed by atoms with Gasteiger partial charge in [0.15, 0.2) is 0 Å². The van der Waals surface area contributed by atoms with Gasteiger partial charge in [-0.1, -0.05) is 6.08 Å². The molecule has 1 unspecified atom stereocenters. The van der Waals surface area contributed by atoms with Gasteiger partial charge in [0.1, 0.15) is 0 Å². The molecule has 3 nitrogen and oxygen atoms in total. The van der Waals surface area contributed by atoms with Gasteiger partial charge in [-0.05, 0) is 19.4 Å². The Morgan fingerprint density at radius 1 is 1.62 bits per heavy atom. The van der Waals surface area contributed by atoms with Crippen LogP contribution in [0.1, 0.15) is 19.3 Å². The fourth-order valence-corrected chi connectivity index (χ4v) is 2.94. The summed E-state index contributed by atoms with van der Waals surface area (Å²) in [5, 5.41) is 8.80. The number of hydrogen-bond acceptors (Lipinski definition) is 3. The van der Waals surface area contributed by atoms with E-state index in [1.54, 1.807) is 0 Å². The predicted molar refractivity (Wildman–Crippen MR) is 71.6 cm³/mol. The van der Waals surface area contributed by atoms with E-state index in [1.165, 1.54) is 0 Å². The Hall–Kier alpha value is -0.190. The third-order valence-electron chi connectivity index (χ3n) is 2.61. The van der Waals surface area contributed by atoms with Crippen molar-refractivity contribution < 1.29 is 9.90 Å². The molecule has 0 amide bonds. The molecule has 1 aliphatic heterocycles. The summed E-state index contributed by atoms with van der Waals surface area (Å²) in [6.45, 7) is 5.73. The SMILES string of the molecule is C=CCCCN1CCSCC1CC(=O)O.Cl. The first-order chi connectivity index (χ1) is 7.24. The molecular weight excluding hydrogens is 246 g/mol. The van der Waals surface area contributed by atoms with Crippen LogP contribution < -0.4 is 0 Å². The smallest absolute Gasteiger partial charge is 0.304 e. The average molecular weight is 266 g/mol. The van der Waals surface area contributed by atoms with E-state index in [0.717, 1.165) is 37.4 Å². The molecule has 0 aromatic heterocycles. The van der Waals surface area contributed by atoms with Crippen molar-refractivity contribution in [3.05, 3.63) is 12.7 Å². The van der Waals surface area contributed by atoms with Crippen LogP contribution >= 0.6 is 24.2 Å². The van der Waals surface area contributed by atoms with Gasteiger partial charge in [-0.25, -0.2) is 0 Å². The molecule has 16 heavy (non-hydrogen) atoms. The normalized spacial score (nSPS) is 21.1. The predicted octanol–water partition coefficient (Wildman–Crippen LogP) is 2.27. The number of carbonyl (C=O) groups is 1. The summed E-state index contributed by atoms with van der Waals surface area (Å²) >= 11 is 1.86. The Balaban J connectivity index is 0.00000225. The Kier molecular flexibility index (Phi) is 8.80. The fraction of sp³-hybridized carbons (Fsp3) is 0.727. The van der Waals surface area contributed by atoms with Crippen LogP contribution in [-0.4, -0.2) is 46.6 Å². The van der Waals surface area contributed by atoms with E-state index in [4.69, 9.17) is 5.11 Å². The number of allylic oxidation sites excluding steroid dienone is 1. The number of nitrogens with zero attached hydrogens (tertiary/aromatic N) is 1. The van der Waals surface area contributed by atoms with E-state index in [1.807, 2.05) is 17.8 Å². The zero-order valence-corrected chi connectivity index (χ0v) is 11.1. The Morgan fingerprint density at radius 2 is 2.38 bits per heavy atom. The van der Waals surface area contributed by atoms with Crippen LogP contribution in [0.15, 0.2) is 12.7 Å². The molecule has 0 radical (unpaired) electrons. The van der Waals surface area contributed by atoms with Gasteiger partial charge in [0.25, 0.3) is 0 Å². The largest absolute Gasteiger partial charge is 0.481 e. The van der Waals surface area contributed by atoms with Crippen molar-refractivity contribution in [3.8, 4) is 0 Å². The molecule has 94 valence electrons. The lowest BCUT2D eigenvalue weighted by atomic mass is 10.1. The lowest BCUT2D eigenvalue weighted by Crippen LogP contribution is -2.43. The van der Waals surface area contributed by atoms with Crippen LogP contribution in [0, 0.1) is 0 Å². The van der Waals surface area contributed by atoms with Crippen LogP contribution in [0.4, 0.5) is 0 Å². The first-order valence-electron chi connectivity index (χ1n) is 5.38. The Labute approximate surface area is 108 Å². The molecule has 1 fully saturated rings. The lowest BCUT2D eigenvalue weighted by molar-refractivity contribution is -0.138. The molecule has 1 aliphatic rings. The lowest BCUT2D eigenvalue weighted by Gasteiger charge is -2.34. The standard InChI is InChI=1S/C11H19NO2S.ClH/c1-2-3-4-5-12-6-7-15-9-10(12)8-11(13)14;/h2,10H,1,3-9H2,(H,13,14);1H. The summed E-state index contributed by atoms with van der Waals surface area (Å²) in [5.74, 6) is 1.40. The van der Waals surface area contributed by atoms with Gasteiger partial charge in [0.2, 0.25) is 0 Å². The fourth-order valence-electron chi connectivity index (χ4n) is 1.81. The summed E-state index contributed by atoms with van der Waals surface area (Å²) < 4.78 is 0. The third-order valence-corrected chi connectivity index (χ3v) is 3.71. The monoisotopic (exact) mass is 265 g/mol. The molecule has 1 saturated heterocycles. The van der Waals surface area contributed by atoms with E-state index in [9.17, 15) is 4.79 Å². The number of carboxylic acids is 1. The van der Waals surface area contributed by atoms with Gasteiger partial charge in [-0.3, -0.25) is 9.69 Å². The molecule has 0 saturated carbocycles. The maximum absolute atomic E-state index is 10.7. The Bertz CT molecular complexity index is 226. The van der Waals surface area contributed by atoms with E-state index in [-0.39, 0.29) is 24.9 Å². The van der Waals surface area contributed by atoms with Crippen molar-refractivity contribution in [2.45, 2.75) is 25.3 Å². The number of halogens is 1. The van der Waals surface area contributed by atoms with Crippen molar-refractivity contribution in [1.82, 2.24) is 4.90 Å². The number of aliphatic carboxylic acids is 1. The number of thioether (sulfide) groups is 1. The van der Waals surface area contributed by atoms with Gasteiger partial charge in [-0.15, -0.1) is 19.0 Å². The van der Waals surface area contributed by atoms with Gasteiger partial charge in [0.05, 0.1) is 6.42 Å². The summed E-state index contributed by atoms with van der Waals surface area (Å²) in [6.07, 6.45) is 4.31. The first-order valence-corrected chi connectivity index (χ1v) is 6.54. The first kappa shape index (κ1) is 15.8. The second-order valence-electron chi connectivity index (χ2n) is 3.79. The highest BCUT2D eigenvalue weighted by atomic mass is 35.5. The van der Waals surface area contributed by atoms with Crippen LogP contribution in [0.2, 0.25) is 0 Å². The molecule has 0 aliphatic carbocycles. The maximum Gasteiger partial charge on any atom is 0.304 e. The summed E-state index contributed by atoms with van der Waals surface area (Å²) in [7, 11) is 0. The van der Waals surface area contributed by atoms with Crippen LogP contribution in [0.25, 0.3) is 0 Å². The summed E-state index contributed by atoms with van der Waals surface area (Å²) in [5.41, 5.74) is 0. The Morgan fingerprint density at radius 3 is 3.00 bits per heavy atom. The molecule has 1 N–H and O–H groups in total. The molecular formula is C11H20ClNO2S. The number of rotatable bonds is 6. The molecule has 0 spiro atoms. The topological polar surface area (TPSA) is 40.5 Å². The average Bonchev–Trinajstić information content (AvgIpc) is 2.20.